The number of esters is 1. The van der Waals surface area contributed by atoms with Crippen LogP contribution < -0.4 is 5.32 Å². The lowest BCUT2D eigenvalue weighted by Crippen LogP contribution is -2.21. The molecule has 11 heteroatoms. The summed E-state index contributed by atoms with van der Waals surface area (Å²) in [5, 5.41) is 3.34. The number of ether oxygens (including phenoxy) is 1. The molecular formula is C25H14Cl3F3N2O3. The van der Waals surface area contributed by atoms with Crippen LogP contribution in [0.4, 0.5) is 18.9 Å². The van der Waals surface area contributed by atoms with Crippen molar-refractivity contribution in [2.45, 2.75) is 6.18 Å². The summed E-state index contributed by atoms with van der Waals surface area (Å²) in [6.45, 7) is -0.765. The lowest BCUT2D eigenvalue weighted by molar-refractivity contribution is -0.137. The van der Waals surface area contributed by atoms with E-state index in [2.05, 4.69) is 10.3 Å². The minimum Gasteiger partial charge on any atom is -0.452 e. The third-order valence-corrected chi connectivity index (χ3v) is 5.92. The maximum absolute atomic E-state index is 13.0. The topological polar surface area (TPSA) is 68.3 Å². The molecule has 0 atom stereocenters. The molecule has 1 aromatic heterocycles. The normalized spacial score (nSPS) is 11.4. The highest BCUT2D eigenvalue weighted by Gasteiger charge is 2.31. The van der Waals surface area contributed by atoms with Crippen LogP contribution in [0, 0.1) is 0 Å². The molecular weight excluding hydrogens is 540 g/mol. The van der Waals surface area contributed by atoms with Crippen molar-refractivity contribution in [3.05, 3.63) is 92.9 Å². The van der Waals surface area contributed by atoms with Gasteiger partial charge in [-0.3, -0.25) is 4.79 Å². The van der Waals surface area contributed by atoms with Crippen LogP contribution >= 0.6 is 34.8 Å². The number of hydrogen-bond donors (Lipinski definition) is 1. The molecule has 1 N–H and O–H groups in total. The van der Waals surface area contributed by atoms with Gasteiger partial charge in [-0.1, -0.05) is 53.0 Å². The van der Waals surface area contributed by atoms with Gasteiger partial charge in [0.2, 0.25) is 0 Å². The number of pyridine rings is 1. The molecule has 0 bridgehead atoms. The van der Waals surface area contributed by atoms with E-state index in [4.69, 9.17) is 39.5 Å². The minimum absolute atomic E-state index is 0.104. The fourth-order valence-electron chi connectivity index (χ4n) is 3.37. The molecule has 36 heavy (non-hydrogen) atoms. The lowest BCUT2D eigenvalue weighted by atomic mass is 10.0. The summed E-state index contributed by atoms with van der Waals surface area (Å²) in [5.74, 6) is -1.71. The molecule has 0 radical (unpaired) electrons. The van der Waals surface area contributed by atoms with Crippen molar-refractivity contribution in [1.82, 2.24) is 4.98 Å². The Balaban J connectivity index is 1.57. The van der Waals surface area contributed by atoms with E-state index in [1.807, 2.05) is 0 Å². The zero-order valence-electron chi connectivity index (χ0n) is 18.0. The molecule has 0 unspecified atom stereocenters. The highest BCUT2D eigenvalue weighted by molar-refractivity contribution is 6.36. The standard InChI is InChI=1S/C25H14Cl3F3N2O3/c26-14-6-7-16(19(28)10-14)21-11-17(15-3-1-2-4-20(15)32-21)24(35)36-12-23(34)33-22-9-13(25(29,30)31)5-8-18(22)27/h1-11H,12H2,(H,33,34). The summed E-state index contributed by atoms with van der Waals surface area (Å²) < 4.78 is 44.0. The number of rotatable bonds is 5. The molecule has 0 saturated carbocycles. The van der Waals surface area contributed by atoms with Crippen LogP contribution in [0.5, 0.6) is 0 Å². The first-order valence-corrected chi connectivity index (χ1v) is 11.4. The van der Waals surface area contributed by atoms with Crippen LogP contribution in [0.25, 0.3) is 22.2 Å². The van der Waals surface area contributed by atoms with E-state index in [-0.39, 0.29) is 16.3 Å². The van der Waals surface area contributed by atoms with E-state index in [9.17, 15) is 22.8 Å². The molecule has 4 aromatic rings. The van der Waals surface area contributed by atoms with Gasteiger partial charge in [0.25, 0.3) is 5.91 Å². The molecule has 5 nitrogen and oxygen atoms in total. The van der Waals surface area contributed by atoms with Crippen molar-refractivity contribution in [3.8, 4) is 11.3 Å². The second-order valence-electron chi connectivity index (χ2n) is 7.51. The molecule has 0 aliphatic carbocycles. The van der Waals surface area contributed by atoms with Crippen LogP contribution in [0.3, 0.4) is 0 Å². The van der Waals surface area contributed by atoms with Gasteiger partial charge in [-0.05, 0) is 48.5 Å². The Bertz CT molecular complexity index is 1490. The number of benzene rings is 3. The SMILES string of the molecule is O=C(COC(=O)c1cc(-c2ccc(Cl)cc2Cl)nc2ccccc12)Nc1cc(C(F)(F)F)ccc1Cl. The molecule has 3 aromatic carbocycles. The van der Waals surface area contributed by atoms with Crippen molar-refractivity contribution in [2.75, 3.05) is 11.9 Å². The summed E-state index contributed by atoms with van der Waals surface area (Å²) in [6.07, 6.45) is -4.62. The van der Waals surface area contributed by atoms with Crippen LogP contribution in [0.1, 0.15) is 15.9 Å². The zero-order chi connectivity index (χ0) is 26.0. The Kier molecular flexibility index (Phi) is 7.40. The van der Waals surface area contributed by atoms with E-state index in [1.54, 1.807) is 36.4 Å². The van der Waals surface area contributed by atoms with Gasteiger partial charge in [-0.15, -0.1) is 0 Å². The van der Waals surface area contributed by atoms with Crippen LogP contribution in [-0.2, 0) is 15.7 Å². The van der Waals surface area contributed by atoms with Gasteiger partial charge in [0, 0.05) is 16.0 Å². The summed E-state index contributed by atoms with van der Waals surface area (Å²) in [6, 6.07) is 15.6. The van der Waals surface area contributed by atoms with Crippen molar-refractivity contribution in [3.63, 3.8) is 0 Å². The van der Waals surface area contributed by atoms with Gasteiger partial charge >= 0.3 is 12.1 Å². The number of nitrogens with one attached hydrogen (secondary N) is 1. The fraction of sp³-hybridized carbons (Fsp3) is 0.0800. The Morgan fingerprint density at radius 2 is 1.67 bits per heavy atom. The molecule has 0 saturated heterocycles. The number of amides is 1. The maximum atomic E-state index is 13.0. The average molecular weight is 554 g/mol. The number of alkyl halides is 3. The van der Waals surface area contributed by atoms with Crippen molar-refractivity contribution in [2.24, 2.45) is 0 Å². The Morgan fingerprint density at radius 3 is 2.39 bits per heavy atom. The van der Waals surface area contributed by atoms with Crippen molar-refractivity contribution in [1.29, 1.82) is 0 Å². The minimum atomic E-state index is -4.62. The van der Waals surface area contributed by atoms with Crippen molar-refractivity contribution >= 4 is 63.3 Å². The Morgan fingerprint density at radius 1 is 0.917 bits per heavy atom. The number of nitrogens with zero attached hydrogens (tertiary/aromatic N) is 1. The van der Waals surface area contributed by atoms with Gasteiger partial charge < -0.3 is 10.1 Å². The smallest absolute Gasteiger partial charge is 0.416 e. The third kappa shape index (κ3) is 5.73. The van der Waals surface area contributed by atoms with Gasteiger partial charge in [-0.2, -0.15) is 13.2 Å². The van der Waals surface area contributed by atoms with E-state index in [1.165, 1.54) is 12.1 Å². The number of halogens is 6. The number of anilines is 1. The van der Waals surface area contributed by atoms with Crippen molar-refractivity contribution < 1.29 is 27.5 Å². The summed E-state index contributed by atoms with van der Waals surface area (Å²) in [5.41, 5.74) is 0.248. The van der Waals surface area contributed by atoms with Crippen LogP contribution in [0.15, 0.2) is 66.7 Å². The van der Waals surface area contributed by atoms with Gasteiger partial charge in [-0.25, -0.2) is 9.78 Å². The first-order chi connectivity index (χ1) is 17.0. The summed E-state index contributed by atoms with van der Waals surface area (Å²) in [7, 11) is 0. The lowest BCUT2D eigenvalue weighted by Gasteiger charge is -2.13. The van der Waals surface area contributed by atoms with Gasteiger partial charge in [0.1, 0.15) is 0 Å². The maximum Gasteiger partial charge on any atom is 0.416 e. The number of carbonyl (C=O) groups is 2. The number of para-hydroxylation sites is 1. The number of carbonyl (C=O) groups excluding carboxylic acids is 2. The highest BCUT2D eigenvalue weighted by atomic mass is 35.5. The largest absolute Gasteiger partial charge is 0.452 e. The zero-order valence-corrected chi connectivity index (χ0v) is 20.3. The van der Waals surface area contributed by atoms with E-state index < -0.39 is 30.2 Å². The molecule has 0 aliphatic heterocycles. The van der Waals surface area contributed by atoms with Crippen LogP contribution in [-0.4, -0.2) is 23.5 Å². The van der Waals surface area contributed by atoms with E-state index in [0.29, 0.717) is 38.3 Å². The summed E-state index contributed by atoms with van der Waals surface area (Å²) >= 11 is 18.2. The van der Waals surface area contributed by atoms with E-state index >= 15 is 0 Å². The predicted molar refractivity (Wildman–Crippen MR) is 133 cm³/mol. The second kappa shape index (κ2) is 10.3. The molecule has 1 amide bonds. The van der Waals surface area contributed by atoms with Gasteiger partial charge in [0.05, 0.1) is 38.1 Å². The molecule has 0 fully saturated rings. The monoisotopic (exact) mass is 552 g/mol. The number of hydrogen-bond acceptors (Lipinski definition) is 4. The number of fused-ring (bicyclic) bond motifs is 1. The number of aromatic nitrogens is 1. The third-order valence-electron chi connectivity index (χ3n) is 5.05. The molecule has 0 spiro atoms. The van der Waals surface area contributed by atoms with Gasteiger partial charge in [0.15, 0.2) is 6.61 Å². The van der Waals surface area contributed by atoms with Crippen LogP contribution in [0.2, 0.25) is 15.1 Å². The van der Waals surface area contributed by atoms with E-state index in [0.717, 1.165) is 12.1 Å². The highest BCUT2D eigenvalue weighted by Crippen LogP contribution is 2.34. The molecule has 0 aliphatic rings. The average Bonchev–Trinajstić information content (AvgIpc) is 2.82. The fourth-order valence-corrected chi connectivity index (χ4v) is 4.04. The Labute approximate surface area is 217 Å². The summed E-state index contributed by atoms with van der Waals surface area (Å²) in [4.78, 5) is 29.8. The first-order valence-electron chi connectivity index (χ1n) is 10.2. The second-order valence-corrected chi connectivity index (χ2v) is 8.76. The first kappa shape index (κ1) is 25.8. The quantitative estimate of drug-likeness (QED) is 0.257. The predicted octanol–water partition coefficient (Wildman–Crippen LogP) is 7.68. The Hall–Kier alpha value is -3.33. The molecule has 4 rings (SSSR count). The molecule has 184 valence electrons. The molecule has 1 heterocycles.